The molecule has 0 spiro atoms. The fourth-order valence-electron chi connectivity index (χ4n) is 8.48. The van der Waals surface area contributed by atoms with Gasteiger partial charge in [-0.15, -0.1) is 0 Å². The summed E-state index contributed by atoms with van der Waals surface area (Å²) in [6, 6.07) is 16.0. The van der Waals surface area contributed by atoms with Crippen LogP contribution >= 0.6 is 0 Å². The lowest BCUT2D eigenvalue weighted by Crippen LogP contribution is -2.44. The Balaban J connectivity index is 0.972. The van der Waals surface area contributed by atoms with Crippen LogP contribution in [0.3, 0.4) is 0 Å². The minimum Gasteiger partial charge on any atom is -0.508 e. The molecule has 6 N–H and O–H groups in total. The first-order chi connectivity index (χ1) is 29.2. The molecule has 0 aliphatic carbocycles. The highest BCUT2D eigenvalue weighted by Gasteiger charge is 2.45. The predicted octanol–water partition coefficient (Wildman–Crippen LogP) is 5.88. The Bertz CT molecular complexity index is 2910. The number of benzene rings is 3. The zero-order valence-corrected chi connectivity index (χ0v) is 34.3. The van der Waals surface area contributed by atoms with E-state index in [1.165, 1.54) is 18.0 Å². The SMILES string of the molecule is CCc1c2c(nc3ccc(OC(=O)NCCn4ccc5cc(N(C(N)=O)C(=NC)c6cc(C(C)C)c(O)cc6O)ccc54)cc13)-c1cc3c(c(=O)n1C2)COC(=O)C3(O)CC. The maximum Gasteiger partial charge on any atom is 0.412 e. The van der Waals surface area contributed by atoms with E-state index in [1.807, 2.05) is 43.7 Å². The van der Waals surface area contributed by atoms with Crippen LogP contribution in [0.5, 0.6) is 17.2 Å². The van der Waals surface area contributed by atoms with Gasteiger partial charge in [0.15, 0.2) is 5.60 Å². The van der Waals surface area contributed by atoms with E-state index in [-0.39, 0.29) is 71.6 Å². The van der Waals surface area contributed by atoms with E-state index in [0.717, 1.165) is 27.4 Å². The van der Waals surface area contributed by atoms with Crippen LogP contribution in [-0.4, -0.2) is 67.0 Å². The number of carbonyl (C=O) groups excluding carboxylic acids is 3. The number of rotatable bonds is 9. The number of phenolic OH excluding ortho intramolecular Hbond substituents is 2. The third-order valence-electron chi connectivity index (χ3n) is 11.6. The number of ether oxygens (including phenoxy) is 2. The van der Waals surface area contributed by atoms with Crippen molar-refractivity contribution in [2.75, 3.05) is 18.5 Å². The lowest BCUT2D eigenvalue weighted by atomic mass is 9.86. The molecule has 1 atom stereocenters. The van der Waals surface area contributed by atoms with Crippen molar-refractivity contribution in [3.8, 4) is 28.6 Å². The first kappa shape index (κ1) is 40.6. The fraction of sp³-hybridized carbons (Fsp3) is 0.289. The Morgan fingerprint density at radius 1 is 1.05 bits per heavy atom. The van der Waals surface area contributed by atoms with Gasteiger partial charge in [0.05, 0.1) is 40.3 Å². The molecular weight excluding hydrogens is 783 g/mol. The van der Waals surface area contributed by atoms with Crippen molar-refractivity contribution in [3.05, 3.63) is 111 Å². The zero-order valence-electron chi connectivity index (χ0n) is 34.3. The number of aromatic hydroxyl groups is 2. The van der Waals surface area contributed by atoms with Gasteiger partial charge in [-0.25, -0.2) is 24.3 Å². The zero-order chi connectivity index (χ0) is 43.5. The molecule has 5 heterocycles. The van der Waals surface area contributed by atoms with E-state index >= 15 is 0 Å². The smallest absolute Gasteiger partial charge is 0.412 e. The van der Waals surface area contributed by atoms with Crippen LogP contribution in [0.1, 0.15) is 73.4 Å². The number of nitrogens with two attached hydrogens (primary N) is 1. The number of aliphatic imine (C=N–C) groups is 1. The molecule has 314 valence electrons. The standard InChI is InChI=1S/C45H45N7O9/c1-6-27-29-17-26(9-10-34(29)49-39-31(27)21-51-36(39)19-33-32(41(51)55)22-60-42(56)45(33,59)7-2)61-44(58)48-13-15-50-14-12-24-16-25(8-11-35(24)50)52(43(46)57)40(47-5)30-18-28(23(3)4)37(53)20-38(30)54/h8-12,14,16-20,23,53-54,59H,6-7,13,15,21-22H2,1-5H3,(H2,46,57)(H,48,58). The number of urea groups is 1. The summed E-state index contributed by atoms with van der Waals surface area (Å²) in [7, 11) is 1.48. The van der Waals surface area contributed by atoms with Crippen molar-refractivity contribution >= 4 is 51.4 Å². The van der Waals surface area contributed by atoms with Crippen LogP contribution in [0.4, 0.5) is 15.3 Å². The number of fused-ring (bicyclic) bond motifs is 6. The van der Waals surface area contributed by atoms with Gasteiger partial charge in [-0.1, -0.05) is 27.7 Å². The van der Waals surface area contributed by atoms with Gasteiger partial charge in [0.1, 0.15) is 29.7 Å². The number of hydrogen-bond donors (Lipinski definition) is 5. The number of aromatic nitrogens is 3. The maximum absolute atomic E-state index is 13.7. The van der Waals surface area contributed by atoms with Gasteiger partial charge in [0.25, 0.3) is 5.56 Å². The van der Waals surface area contributed by atoms with Crippen molar-refractivity contribution in [3.63, 3.8) is 0 Å². The topological polar surface area (TPSA) is 224 Å². The summed E-state index contributed by atoms with van der Waals surface area (Å²) < 4.78 is 14.4. The van der Waals surface area contributed by atoms with Crippen molar-refractivity contribution in [1.82, 2.24) is 19.4 Å². The van der Waals surface area contributed by atoms with E-state index in [1.54, 1.807) is 54.0 Å². The molecule has 0 fully saturated rings. The van der Waals surface area contributed by atoms with Crippen LogP contribution in [-0.2, 0) is 41.2 Å². The van der Waals surface area contributed by atoms with Crippen LogP contribution in [0.25, 0.3) is 33.2 Å². The molecule has 2 aliphatic rings. The second kappa shape index (κ2) is 15.4. The molecule has 3 amide bonds. The van der Waals surface area contributed by atoms with Gasteiger partial charge in [-0.2, -0.15) is 0 Å². The molecule has 2 aliphatic heterocycles. The molecule has 0 radical (unpaired) electrons. The number of nitrogens with one attached hydrogen (secondary N) is 1. The number of primary amides is 1. The summed E-state index contributed by atoms with van der Waals surface area (Å²) in [5.41, 5.74) is 9.67. The van der Waals surface area contributed by atoms with Crippen molar-refractivity contribution in [2.45, 2.75) is 71.8 Å². The highest BCUT2D eigenvalue weighted by molar-refractivity contribution is 6.24. The number of amides is 3. The maximum atomic E-state index is 13.7. The van der Waals surface area contributed by atoms with Gasteiger partial charge >= 0.3 is 18.1 Å². The molecule has 8 rings (SSSR count). The van der Waals surface area contributed by atoms with Crippen molar-refractivity contribution in [2.24, 2.45) is 10.7 Å². The minimum absolute atomic E-state index is 0.0487. The highest BCUT2D eigenvalue weighted by atomic mass is 16.6. The highest BCUT2D eigenvalue weighted by Crippen LogP contribution is 2.41. The van der Waals surface area contributed by atoms with Crippen molar-refractivity contribution < 1.29 is 39.2 Å². The molecule has 3 aromatic heterocycles. The molecule has 1 unspecified atom stereocenters. The van der Waals surface area contributed by atoms with Gasteiger partial charge < -0.3 is 45.0 Å². The number of hydrogen-bond acceptors (Lipinski definition) is 11. The van der Waals surface area contributed by atoms with E-state index in [4.69, 9.17) is 20.2 Å². The molecule has 0 saturated heterocycles. The first-order valence-electron chi connectivity index (χ1n) is 20.0. The summed E-state index contributed by atoms with van der Waals surface area (Å²) in [6.07, 6.45) is 1.84. The third kappa shape index (κ3) is 6.78. The van der Waals surface area contributed by atoms with E-state index < -0.39 is 23.7 Å². The Kier molecular flexibility index (Phi) is 10.3. The van der Waals surface area contributed by atoms with E-state index in [9.17, 15) is 34.5 Å². The number of carbonyl (C=O) groups is 3. The first-order valence-corrected chi connectivity index (χ1v) is 20.0. The Hall–Kier alpha value is -7.20. The number of aliphatic hydroxyl groups is 1. The van der Waals surface area contributed by atoms with Crippen LogP contribution in [0.15, 0.2) is 76.6 Å². The Labute approximate surface area is 349 Å². The summed E-state index contributed by atoms with van der Waals surface area (Å²) in [6.45, 7) is 8.12. The third-order valence-corrected chi connectivity index (χ3v) is 11.6. The number of aryl methyl sites for hydroxylation is 1. The van der Waals surface area contributed by atoms with Gasteiger partial charge in [-0.3, -0.25) is 9.79 Å². The van der Waals surface area contributed by atoms with Crippen molar-refractivity contribution in [1.29, 1.82) is 0 Å². The molecule has 3 aromatic carbocycles. The molecule has 6 aromatic rings. The van der Waals surface area contributed by atoms with Crippen LogP contribution in [0.2, 0.25) is 0 Å². The molecule has 16 heteroatoms. The number of amidine groups is 1. The predicted molar refractivity (Wildman–Crippen MR) is 228 cm³/mol. The second-order valence-corrected chi connectivity index (χ2v) is 15.4. The van der Waals surface area contributed by atoms with Crippen LogP contribution < -0.4 is 26.2 Å². The van der Waals surface area contributed by atoms with E-state index in [0.29, 0.717) is 46.9 Å². The van der Waals surface area contributed by atoms with Crippen LogP contribution in [0, 0.1) is 0 Å². The number of esters is 1. The number of anilines is 1. The Morgan fingerprint density at radius 2 is 1.84 bits per heavy atom. The van der Waals surface area contributed by atoms with Gasteiger partial charge in [-0.05, 0) is 84.5 Å². The number of nitrogens with zero attached hydrogens (tertiary/aromatic N) is 5. The number of cyclic esters (lactones) is 1. The lowest BCUT2D eigenvalue weighted by molar-refractivity contribution is -0.172. The average Bonchev–Trinajstić information content (AvgIpc) is 3.81. The quantitative estimate of drug-likeness (QED) is 0.0660. The molecular formula is C45H45N7O9. The van der Waals surface area contributed by atoms with Gasteiger partial charge in [0.2, 0.25) is 0 Å². The molecule has 0 saturated carbocycles. The monoisotopic (exact) mass is 827 g/mol. The summed E-state index contributed by atoms with van der Waals surface area (Å²) >= 11 is 0. The Morgan fingerprint density at radius 3 is 2.54 bits per heavy atom. The lowest BCUT2D eigenvalue weighted by Gasteiger charge is -2.31. The second-order valence-electron chi connectivity index (χ2n) is 15.4. The van der Waals surface area contributed by atoms with E-state index in [2.05, 4.69) is 10.3 Å². The normalized spacial score (nSPS) is 15.7. The largest absolute Gasteiger partial charge is 0.508 e. The minimum atomic E-state index is -1.92. The molecule has 0 bridgehead atoms. The molecule has 61 heavy (non-hydrogen) atoms. The molecule has 16 nitrogen and oxygen atoms in total. The number of phenols is 2. The summed E-state index contributed by atoms with van der Waals surface area (Å²) in [4.78, 5) is 62.6. The van der Waals surface area contributed by atoms with Gasteiger partial charge in [0, 0.05) is 59.8 Å². The number of pyridine rings is 2. The fourth-order valence-corrected chi connectivity index (χ4v) is 8.48. The average molecular weight is 828 g/mol. The summed E-state index contributed by atoms with van der Waals surface area (Å²) in [5, 5.41) is 36.7. The summed E-state index contributed by atoms with van der Waals surface area (Å²) in [5.74, 6) is -0.764.